The van der Waals surface area contributed by atoms with Gasteiger partial charge >= 0.3 is 6.18 Å². The molecule has 2 saturated heterocycles. The summed E-state index contributed by atoms with van der Waals surface area (Å²) in [6.45, 7) is 3.47. The summed E-state index contributed by atoms with van der Waals surface area (Å²) in [4.78, 5) is 34.6. The molecule has 2 fully saturated rings. The molecule has 4 aliphatic rings. The maximum Gasteiger partial charge on any atom is 0.416 e. The summed E-state index contributed by atoms with van der Waals surface area (Å²) >= 11 is 1.95. The first-order valence-electron chi connectivity index (χ1n) is 13.7. The zero-order chi connectivity index (χ0) is 27.1. The first-order chi connectivity index (χ1) is 18.8. The number of thioether (sulfide) groups is 1. The van der Waals surface area contributed by atoms with Crippen molar-refractivity contribution in [2.24, 2.45) is 5.92 Å². The van der Waals surface area contributed by atoms with Crippen LogP contribution in [0.2, 0.25) is 0 Å². The highest BCUT2D eigenvalue weighted by Crippen LogP contribution is 2.47. The van der Waals surface area contributed by atoms with E-state index in [0.717, 1.165) is 57.7 Å². The number of Topliss-reactive ketones (excluding diaryl/α,β-unsaturated/α-hetero) is 1. The highest BCUT2D eigenvalue weighted by atomic mass is 32.2. The molecule has 4 atom stereocenters. The third-order valence-electron chi connectivity index (χ3n) is 8.60. The van der Waals surface area contributed by atoms with Gasteiger partial charge < -0.3 is 9.64 Å². The quantitative estimate of drug-likeness (QED) is 0.496. The zero-order valence-electron chi connectivity index (χ0n) is 21.7. The number of carbonyl (C=O) groups is 2. The Morgan fingerprint density at radius 3 is 2.79 bits per heavy atom. The van der Waals surface area contributed by atoms with Crippen LogP contribution in [0.25, 0.3) is 0 Å². The van der Waals surface area contributed by atoms with Crippen LogP contribution in [0.15, 0.2) is 36.7 Å². The molecule has 10 heteroatoms. The van der Waals surface area contributed by atoms with Crippen molar-refractivity contribution in [2.45, 2.75) is 54.8 Å². The SMILES string of the molecule is O=C(CC1CN(C2CCOC2)C[C@@H]1SC1CCc2ccncc21)CN1CCc2ccc(C(F)(F)F)cc2C1=O. The van der Waals surface area contributed by atoms with Crippen LogP contribution < -0.4 is 0 Å². The summed E-state index contributed by atoms with van der Waals surface area (Å²) in [5, 5.41) is 0.636. The number of aromatic nitrogens is 1. The van der Waals surface area contributed by atoms with Gasteiger partial charge in [-0.1, -0.05) is 6.07 Å². The van der Waals surface area contributed by atoms with Gasteiger partial charge in [-0.2, -0.15) is 13.2 Å². The molecule has 3 aliphatic heterocycles. The van der Waals surface area contributed by atoms with Gasteiger partial charge in [-0.05, 0) is 66.5 Å². The minimum Gasteiger partial charge on any atom is -0.380 e. The molecule has 1 aromatic heterocycles. The van der Waals surface area contributed by atoms with Gasteiger partial charge in [-0.25, -0.2) is 0 Å². The van der Waals surface area contributed by atoms with Crippen LogP contribution in [0, 0.1) is 5.92 Å². The molecule has 1 aliphatic carbocycles. The number of halogens is 3. The van der Waals surface area contributed by atoms with Gasteiger partial charge in [0.25, 0.3) is 5.91 Å². The molecule has 0 bridgehead atoms. The smallest absolute Gasteiger partial charge is 0.380 e. The van der Waals surface area contributed by atoms with Gasteiger partial charge in [-0.15, -0.1) is 11.8 Å². The largest absolute Gasteiger partial charge is 0.416 e. The number of fused-ring (bicyclic) bond motifs is 2. The van der Waals surface area contributed by atoms with Crippen molar-refractivity contribution in [3.63, 3.8) is 0 Å². The summed E-state index contributed by atoms with van der Waals surface area (Å²) in [6.07, 6.45) is 3.20. The molecule has 1 aromatic carbocycles. The van der Waals surface area contributed by atoms with Crippen molar-refractivity contribution in [1.82, 2.24) is 14.8 Å². The number of pyridine rings is 1. The Balaban J connectivity index is 1.13. The van der Waals surface area contributed by atoms with Gasteiger partial charge in [0.1, 0.15) is 0 Å². The van der Waals surface area contributed by atoms with E-state index in [-0.39, 0.29) is 29.1 Å². The van der Waals surface area contributed by atoms with Gasteiger partial charge in [0.15, 0.2) is 5.78 Å². The normalized spacial score (nSPS) is 27.2. The second kappa shape index (κ2) is 10.9. The molecule has 0 saturated carbocycles. The van der Waals surface area contributed by atoms with Crippen molar-refractivity contribution < 1.29 is 27.5 Å². The highest BCUT2D eigenvalue weighted by molar-refractivity contribution is 8.00. The summed E-state index contributed by atoms with van der Waals surface area (Å²) < 4.78 is 45.3. The van der Waals surface area contributed by atoms with Crippen LogP contribution in [-0.2, 0) is 28.5 Å². The average Bonchev–Trinajstić information content (AvgIpc) is 3.66. The molecular formula is C29H32F3N3O3S. The number of alkyl halides is 3. The van der Waals surface area contributed by atoms with E-state index < -0.39 is 17.6 Å². The number of aryl methyl sites for hydroxylation is 1. The molecule has 39 heavy (non-hydrogen) atoms. The number of amides is 1. The molecule has 0 spiro atoms. The van der Waals surface area contributed by atoms with E-state index in [2.05, 4.69) is 16.0 Å². The number of likely N-dealkylation sites (tertiary alicyclic amines) is 1. The fraction of sp³-hybridized carbons (Fsp3) is 0.552. The highest BCUT2D eigenvalue weighted by Gasteiger charge is 2.41. The van der Waals surface area contributed by atoms with Gasteiger partial charge in [-0.3, -0.25) is 19.5 Å². The number of rotatable bonds is 7. The Morgan fingerprint density at radius 2 is 2.00 bits per heavy atom. The van der Waals surface area contributed by atoms with Gasteiger partial charge in [0, 0.05) is 67.2 Å². The van der Waals surface area contributed by atoms with Crippen molar-refractivity contribution in [1.29, 1.82) is 0 Å². The Morgan fingerprint density at radius 1 is 1.13 bits per heavy atom. The molecule has 6 nitrogen and oxygen atoms in total. The molecule has 1 amide bonds. The van der Waals surface area contributed by atoms with Gasteiger partial charge in [0.2, 0.25) is 0 Å². The third-order valence-corrected chi connectivity index (χ3v) is 10.3. The molecular weight excluding hydrogens is 527 g/mol. The second-order valence-electron chi connectivity index (χ2n) is 11.1. The zero-order valence-corrected chi connectivity index (χ0v) is 22.5. The summed E-state index contributed by atoms with van der Waals surface area (Å²) in [5.74, 6) is -0.381. The predicted molar refractivity (Wildman–Crippen MR) is 142 cm³/mol. The first-order valence-corrected chi connectivity index (χ1v) is 14.6. The number of benzene rings is 1. The van der Waals surface area contributed by atoms with E-state index >= 15 is 0 Å². The minimum atomic E-state index is -4.52. The Kier molecular flexibility index (Phi) is 7.45. The number of nitrogens with zero attached hydrogens (tertiary/aromatic N) is 3. The van der Waals surface area contributed by atoms with E-state index in [1.807, 2.05) is 24.2 Å². The first kappa shape index (κ1) is 26.8. The Labute approximate surface area is 230 Å². The van der Waals surface area contributed by atoms with E-state index in [1.54, 1.807) is 0 Å². The fourth-order valence-electron chi connectivity index (χ4n) is 6.50. The second-order valence-corrected chi connectivity index (χ2v) is 12.5. The molecule has 0 radical (unpaired) electrons. The summed E-state index contributed by atoms with van der Waals surface area (Å²) in [7, 11) is 0. The molecule has 2 aromatic rings. The van der Waals surface area contributed by atoms with Crippen molar-refractivity contribution in [2.75, 3.05) is 39.4 Å². The summed E-state index contributed by atoms with van der Waals surface area (Å²) in [5.41, 5.74) is 2.47. The van der Waals surface area contributed by atoms with E-state index in [1.165, 1.54) is 22.1 Å². The standard InChI is InChI=1S/C29H32F3N3O3S/c30-29(31,32)21-3-1-19-6-9-34(28(37)24(19)12-21)15-23(36)11-20-14-35(22-7-10-38-17-22)16-27(20)39-26-4-2-18-5-8-33-13-25(18)26/h1,3,5,8,12-13,20,22,26-27H,2,4,6-7,9-11,14-17H2/t20?,22?,26?,27-/m0/s1. The minimum absolute atomic E-state index is 0.0348. The monoisotopic (exact) mass is 559 g/mol. The number of carbonyl (C=O) groups excluding carboxylic acids is 2. The van der Waals surface area contributed by atoms with Crippen LogP contribution in [0.4, 0.5) is 13.2 Å². The molecule has 0 N–H and O–H groups in total. The van der Waals surface area contributed by atoms with E-state index in [0.29, 0.717) is 36.2 Å². The lowest BCUT2D eigenvalue weighted by Gasteiger charge is -2.29. The third kappa shape index (κ3) is 5.60. The van der Waals surface area contributed by atoms with Crippen LogP contribution in [0.3, 0.4) is 0 Å². The topological polar surface area (TPSA) is 62.7 Å². The van der Waals surface area contributed by atoms with Crippen LogP contribution in [-0.4, -0.2) is 77.2 Å². The average molecular weight is 560 g/mol. The number of ether oxygens (including phenoxy) is 1. The van der Waals surface area contributed by atoms with Crippen molar-refractivity contribution >= 4 is 23.5 Å². The Hall–Kier alpha value is -2.43. The molecule has 4 heterocycles. The molecule has 3 unspecified atom stereocenters. The predicted octanol–water partition coefficient (Wildman–Crippen LogP) is 4.57. The van der Waals surface area contributed by atoms with Crippen LogP contribution in [0.1, 0.15) is 57.1 Å². The molecule has 208 valence electrons. The number of ketones is 1. The van der Waals surface area contributed by atoms with Gasteiger partial charge in [0.05, 0.1) is 18.7 Å². The lowest BCUT2D eigenvalue weighted by molar-refractivity contribution is -0.137. The summed E-state index contributed by atoms with van der Waals surface area (Å²) in [6, 6.07) is 5.79. The lowest BCUT2D eigenvalue weighted by atomic mass is 9.95. The van der Waals surface area contributed by atoms with Crippen molar-refractivity contribution in [3.05, 3.63) is 64.5 Å². The van der Waals surface area contributed by atoms with Crippen molar-refractivity contribution in [3.8, 4) is 0 Å². The Bertz CT molecular complexity index is 1250. The maximum atomic E-state index is 13.3. The van der Waals surface area contributed by atoms with E-state index in [4.69, 9.17) is 4.74 Å². The molecule has 6 rings (SSSR count). The fourth-order valence-corrected chi connectivity index (χ4v) is 8.21. The number of hydrogen-bond donors (Lipinski definition) is 0. The van der Waals surface area contributed by atoms with Crippen LogP contribution >= 0.6 is 11.8 Å². The van der Waals surface area contributed by atoms with Crippen LogP contribution in [0.5, 0.6) is 0 Å². The van der Waals surface area contributed by atoms with E-state index in [9.17, 15) is 22.8 Å². The maximum absolute atomic E-state index is 13.3. The number of hydrogen-bond acceptors (Lipinski definition) is 6. The lowest BCUT2D eigenvalue weighted by Crippen LogP contribution is -2.41.